The minimum atomic E-state index is -0.659. The minimum Gasteiger partial charge on any atom is -0.465 e. The number of anilines is 1. The van der Waals surface area contributed by atoms with Crippen LogP contribution in [0.25, 0.3) is 0 Å². The predicted molar refractivity (Wildman–Crippen MR) is 127 cm³/mol. The highest BCUT2D eigenvalue weighted by Gasteiger charge is 2.39. The summed E-state index contributed by atoms with van der Waals surface area (Å²) >= 11 is 0. The van der Waals surface area contributed by atoms with Crippen molar-refractivity contribution in [1.82, 2.24) is 15.1 Å². The number of rotatable bonds is 8. The molecule has 12 nitrogen and oxygen atoms in total. The van der Waals surface area contributed by atoms with Crippen LogP contribution in [-0.2, 0) is 23.8 Å². The average Bonchev–Trinajstić information content (AvgIpc) is 3.29. The molecule has 0 saturated carbocycles. The maximum atomic E-state index is 12.9. The van der Waals surface area contributed by atoms with E-state index in [0.29, 0.717) is 45.6 Å². The first kappa shape index (κ1) is 26.9. The zero-order valence-electron chi connectivity index (χ0n) is 20.7. The number of esters is 2. The van der Waals surface area contributed by atoms with E-state index in [4.69, 9.17) is 14.2 Å². The lowest BCUT2D eigenvalue weighted by Gasteiger charge is -2.36. The first-order valence-electron chi connectivity index (χ1n) is 11.7. The van der Waals surface area contributed by atoms with Gasteiger partial charge in [-0.3, -0.25) is 9.59 Å². The summed E-state index contributed by atoms with van der Waals surface area (Å²) in [5.41, 5.74) is 0.410. The van der Waals surface area contributed by atoms with E-state index in [-0.39, 0.29) is 41.1 Å². The van der Waals surface area contributed by atoms with Crippen molar-refractivity contribution < 1.29 is 38.2 Å². The molecule has 0 spiro atoms. The highest BCUT2D eigenvalue weighted by molar-refractivity contribution is 6.03. The first-order chi connectivity index (χ1) is 17.3. The van der Waals surface area contributed by atoms with E-state index in [2.05, 4.69) is 10.6 Å². The Kier molecular flexibility index (Phi) is 9.23. The molecule has 2 N–H and O–H groups in total. The van der Waals surface area contributed by atoms with E-state index in [9.17, 15) is 24.0 Å². The van der Waals surface area contributed by atoms with E-state index in [0.717, 1.165) is 0 Å². The van der Waals surface area contributed by atoms with Crippen LogP contribution in [0.5, 0.6) is 0 Å². The van der Waals surface area contributed by atoms with Crippen LogP contribution in [0.15, 0.2) is 18.2 Å². The number of carbonyl (C=O) groups is 5. The number of urea groups is 1. The quantitative estimate of drug-likeness (QED) is 0.392. The number of amides is 4. The molecule has 12 heteroatoms. The third kappa shape index (κ3) is 6.30. The van der Waals surface area contributed by atoms with Gasteiger partial charge < -0.3 is 34.6 Å². The fourth-order valence-corrected chi connectivity index (χ4v) is 4.44. The van der Waals surface area contributed by atoms with E-state index in [1.165, 1.54) is 32.4 Å². The topological polar surface area (TPSA) is 144 Å². The number of hydrogen-bond donors (Lipinski definition) is 2. The molecule has 0 radical (unpaired) electrons. The fourth-order valence-electron chi connectivity index (χ4n) is 4.44. The molecule has 0 aliphatic carbocycles. The number of nitrogens with zero attached hydrogens (tertiary/aromatic N) is 2. The summed E-state index contributed by atoms with van der Waals surface area (Å²) in [4.78, 5) is 65.2. The first-order valence-corrected chi connectivity index (χ1v) is 11.7. The predicted octanol–water partition coefficient (Wildman–Crippen LogP) is 0.867. The molecule has 0 aromatic heterocycles. The Morgan fingerprint density at radius 3 is 2.36 bits per heavy atom. The number of benzene rings is 1. The van der Waals surface area contributed by atoms with Crippen LogP contribution in [0.4, 0.5) is 10.5 Å². The van der Waals surface area contributed by atoms with Crippen molar-refractivity contribution in [2.24, 2.45) is 5.92 Å². The standard InChI is InChI=1S/C24H32N4O8/c1-34-11-8-25-21(30)16-13-20(29)28(14-16)17-6-9-27(10-7-17)24(33)26-19-12-15(22(31)35-2)4-5-18(19)23(32)36-3/h4-5,12,16-17H,6-11,13-14H2,1-3H3,(H,25,30)(H,26,33). The Bertz CT molecular complexity index is 1010. The molecule has 2 saturated heterocycles. The minimum absolute atomic E-state index is 0.0628. The Hall–Kier alpha value is -3.67. The zero-order valence-corrected chi connectivity index (χ0v) is 20.7. The smallest absolute Gasteiger partial charge is 0.339 e. The number of likely N-dealkylation sites (tertiary alicyclic amines) is 2. The monoisotopic (exact) mass is 504 g/mol. The molecule has 1 atom stereocenters. The van der Waals surface area contributed by atoms with Gasteiger partial charge in [0.1, 0.15) is 0 Å². The van der Waals surface area contributed by atoms with Crippen LogP contribution in [0.2, 0.25) is 0 Å². The normalized spacial score (nSPS) is 18.1. The van der Waals surface area contributed by atoms with E-state index < -0.39 is 23.9 Å². The van der Waals surface area contributed by atoms with Crippen molar-refractivity contribution in [2.45, 2.75) is 25.3 Å². The SMILES string of the molecule is COCCNC(=O)C1CC(=O)N(C2CCN(C(=O)Nc3cc(C(=O)OC)ccc3C(=O)OC)CC2)C1. The molecule has 2 fully saturated rings. The van der Waals surface area contributed by atoms with E-state index >= 15 is 0 Å². The molecule has 2 heterocycles. The van der Waals surface area contributed by atoms with Crippen LogP contribution < -0.4 is 10.6 Å². The lowest BCUT2D eigenvalue weighted by molar-refractivity contribution is -0.130. The highest BCUT2D eigenvalue weighted by Crippen LogP contribution is 2.27. The third-order valence-corrected chi connectivity index (χ3v) is 6.41. The van der Waals surface area contributed by atoms with Crippen LogP contribution in [0.1, 0.15) is 40.0 Å². The molecule has 2 aliphatic heterocycles. The van der Waals surface area contributed by atoms with Gasteiger partial charge in [0.25, 0.3) is 0 Å². The van der Waals surface area contributed by atoms with E-state index in [1.807, 2.05) is 0 Å². The molecule has 1 aromatic carbocycles. The summed E-state index contributed by atoms with van der Waals surface area (Å²) in [7, 11) is 4.01. The molecule has 0 bridgehead atoms. The van der Waals surface area contributed by atoms with Gasteiger partial charge in [-0.2, -0.15) is 0 Å². The number of ether oxygens (including phenoxy) is 3. The molecule has 1 unspecified atom stereocenters. The second-order valence-electron chi connectivity index (χ2n) is 8.62. The summed E-state index contributed by atoms with van der Waals surface area (Å²) in [6, 6.07) is 3.66. The average molecular weight is 505 g/mol. The van der Waals surface area contributed by atoms with Gasteiger partial charge >= 0.3 is 18.0 Å². The van der Waals surface area contributed by atoms with Gasteiger partial charge in [0.2, 0.25) is 11.8 Å². The molecule has 1 aromatic rings. The summed E-state index contributed by atoms with van der Waals surface area (Å²) in [6.07, 6.45) is 1.29. The molecular formula is C24H32N4O8. The second-order valence-corrected chi connectivity index (χ2v) is 8.62. The molecular weight excluding hydrogens is 472 g/mol. The maximum Gasteiger partial charge on any atom is 0.339 e. The summed E-state index contributed by atoms with van der Waals surface area (Å²) < 4.78 is 14.4. The highest BCUT2D eigenvalue weighted by atomic mass is 16.5. The van der Waals surface area contributed by atoms with Crippen LogP contribution in [0.3, 0.4) is 0 Å². The molecule has 3 rings (SSSR count). The van der Waals surface area contributed by atoms with Gasteiger partial charge in [-0.25, -0.2) is 14.4 Å². The fraction of sp³-hybridized carbons (Fsp3) is 0.542. The van der Waals surface area contributed by atoms with Crippen LogP contribution >= 0.6 is 0 Å². The van der Waals surface area contributed by atoms with Crippen LogP contribution in [-0.4, -0.2) is 99.7 Å². The zero-order chi connectivity index (χ0) is 26.2. The van der Waals surface area contributed by atoms with Crippen molar-refractivity contribution >= 4 is 35.5 Å². The Morgan fingerprint density at radius 2 is 1.72 bits per heavy atom. The van der Waals surface area contributed by atoms with Gasteiger partial charge in [0, 0.05) is 45.8 Å². The Labute approximate surface area is 209 Å². The van der Waals surface area contributed by atoms with Crippen molar-refractivity contribution in [3.05, 3.63) is 29.3 Å². The van der Waals surface area contributed by atoms with Gasteiger partial charge in [0.05, 0.1) is 43.6 Å². The largest absolute Gasteiger partial charge is 0.465 e. The van der Waals surface area contributed by atoms with Gasteiger partial charge in [-0.05, 0) is 31.0 Å². The lowest BCUT2D eigenvalue weighted by atomic mass is 10.0. The van der Waals surface area contributed by atoms with Gasteiger partial charge in [-0.1, -0.05) is 0 Å². The summed E-state index contributed by atoms with van der Waals surface area (Å²) in [5.74, 6) is -1.88. The van der Waals surface area contributed by atoms with Crippen molar-refractivity contribution in [3.8, 4) is 0 Å². The van der Waals surface area contributed by atoms with Crippen molar-refractivity contribution in [2.75, 3.05) is 59.4 Å². The lowest BCUT2D eigenvalue weighted by Crippen LogP contribution is -2.48. The third-order valence-electron chi connectivity index (χ3n) is 6.41. The molecule has 36 heavy (non-hydrogen) atoms. The number of methoxy groups -OCH3 is 3. The summed E-state index contributed by atoms with van der Waals surface area (Å²) in [6.45, 7) is 1.93. The number of piperidine rings is 1. The van der Waals surface area contributed by atoms with Gasteiger partial charge in [-0.15, -0.1) is 0 Å². The number of carbonyl (C=O) groups excluding carboxylic acids is 5. The molecule has 2 aliphatic rings. The number of hydrogen-bond acceptors (Lipinski definition) is 8. The maximum absolute atomic E-state index is 12.9. The van der Waals surface area contributed by atoms with E-state index in [1.54, 1.807) is 16.9 Å². The van der Waals surface area contributed by atoms with Gasteiger partial charge in [0.15, 0.2) is 0 Å². The van der Waals surface area contributed by atoms with Crippen molar-refractivity contribution in [1.29, 1.82) is 0 Å². The van der Waals surface area contributed by atoms with Crippen LogP contribution in [0, 0.1) is 5.92 Å². The molecule has 4 amide bonds. The Morgan fingerprint density at radius 1 is 1.03 bits per heavy atom. The Balaban J connectivity index is 1.59. The van der Waals surface area contributed by atoms with Crippen molar-refractivity contribution in [3.63, 3.8) is 0 Å². The molecule has 196 valence electrons. The second kappa shape index (κ2) is 12.3. The summed E-state index contributed by atoms with van der Waals surface area (Å²) in [5, 5.41) is 5.47. The number of nitrogens with one attached hydrogen (secondary N) is 2.